The zero-order valence-electron chi connectivity index (χ0n) is 11.7. The van der Waals surface area contributed by atoms with E-state index in [-0.39, 0.29) is 11.2 Å². The lowest BCUT2D eigenvalue weighted by molar-refractivity contribution is 0.568. The van der Waals surface area contributed by atoms with Crippen molar-refractivity contribution in [3.8, 4) is 0 Å². The third-order valence-corrected chi connectivity index (χ3v) is 4.71. The van der Waals surface area contributed by atoms with E-state index < -0.39 is 9.05 Å². The molecule has 0 unspecified atom stereocenters. The van der Waals surface area contributed by atoms with Crippen LogP contribution in [0.4, 0.5) is 0 Å². The molecular formula is C14H16ClN3O2S. The van der Waals surface area contributed by atoms with Crippen LogP contribution in [0.5, 0.6) is 0 Å². The summed E-state index contributed by atoms with van der Waals surface area (Å²) in [6.07, 6.45) is 3.36. The average molecular weight is 326 g/mol. The highest BCUT2D eigenvalue weighted by Crippen LogP contribution is 2.38. The summed E-state index contributed by atoms with van der Waals surface area (Å²) in [4.78, 5) is 0. The molecule has 1 aromatic heterocycles. The molecule has 1 fully saturated rings. The van der Waals surface area contributed by atoms with Crippen LogP contribution in [0.25, 0.3) is 0 Å². The first-order valence-corrected chi connectivity index (χ1v) is 9.20. The third kappa shape index (κ3) is 3.27. The molecular weight excluding hydrogens is 310 g/mol. The van der Waals surface area contributed by atoms with Crippen LogP contribution in [0.3, 0.4) is 0 Å². The lowest BCUT2D eigenvalue weighted by Gasteiger charge is -2.07. The predicted molar refractivity (Wildman–Crippen MR) is 79.9 cm³/mol. The summed E-state index contributed by atoms with van der Waals surface area (Å²) < 4.78 is 24.8. The topological polar surface area (TPSA) is 64.8 Å². The van der Waals surface area contributed by atoms with Gasteiger partial charge in [-0.05, 0) is 31.7 Å². The fraction of sp³-hybridized carbons (Fsp3) is 0.429. The number of hydrogen-bond acceptors (Lipinski definition) is 4. The third-order valence-electron chi connectivity index (χ3n) is 3.59. The Hall–Kier alpha value is -1.40. The summed E-state index contributed by atoms with van der Waals surface area (Å²) in [6, 6.07) is 8.43. The molecule has 1 aromatic carbocycles. The first-order chi connectivity index (χ1) is 9.95. The molecule has 3 rings (SSSR count). The van der Waals surface area contributed by atoms with Crippen molar-refractivity contribution < 1.29 is 8.42 Å². The molecule has 0 saturated heterocycles. The molecule has 0 bridgehead atoms. The van der Waals surface area contributed by atoms with E-state index >= 15 is 0 Å². The van der Waals surface area contributed by atoms with Gasteiger partial charge in [0.2, 0.25) is 0 Å². The van der Waals surface area contributed by atoms with E-state index in [2.05, 4.69) is 22.3 Å². The van der Waals surface area contributed by atoms with Crippen LogP contribution in [-0.4, -0.2) is 23.2 Å². The van der Waals surface area contributed by atoms with Crippen LogP contribution in [-0.2, 0) is 21.9 Å². The SMILES string of the molecule is Cc1cccc(CCc2nnc(S(=O)(=O)Cl)n2C2CC2)c1. The van der Waals surface area contributed by atoms with Crippen molar-refractivity contribution in [2.75, 3.05) is 0 Å². The average Bonchev–Trinajstić information content (AvgIpc) is 3.15. The van der Waals surface area contributed by atoms with Gasteiger partial charge in [-0.2, -0.15) is 0 Å². The molecule has 0 amide bonds. The second-order valence-corrected chi connectivity index (χ2v) is 7.89. The zero-order valence-corrected chi connectivity index (χ0v) is 13.2. The van der Waals surface area contributed by atoms with Gasteiger partial charge in [0.05, 0.1) is 0 Å². The van der Waals surface area contributed by atoms with Crippen molar-refractivity contribution in [1.29, 1.82) is 0 Å². The van der Waals surface area contributed by atoms with E-state index in [1.165, 1.54) is 11.1 Å². The quantitative estimate of drug-likeness (QED) is 0.793. The normalized spacial score (nSPS) is 15.3. The highest BCUT2D eigenvalue weighted by atomic mass is 35.7. The summed E-state index contributed by atoms with van der Waals surface area (Å²) >= 11 is 0. The molecule has 0 N–H and O–H groups in total. The Balaban J connectivity index is 1.84. The molecule has 1 aliphatic carbocycles. The number of aromatic nitrogens is 3. The van der Waals surface area contributed by atoms with Crippen molar-refractivity contribution in [3.63, 3.8) is 0 Å². The van der Waals surface area contributed by atoms with Crippen molar-refractivity contribution in [3.05, 3.63) is 41.2 Å². The second kappa shape index (κ2) is 5.42. The Morgan fingerprint density at radius 2 is 2.05 bits per heavy atom. The van der Waals surface area contributed by atoms with E-state index in [9.17, 15) is 8.42 Å². The van der Waals surface area contributed by atoms with Gasteiger partial charge in [0, 0.05) is 23.1 Å². The summed E-state index contributed by atoms with van der Waals surface area (Å²) in [5.74, 6) is 0.693. The first kappa shape index (κ1) is 14.5. The number of nitrogens with zero attached hydrogens (tertiary/aromatic N) is 3. The van der Waals surface area contributed by atoms with Crippen molar-refractivity contribution >= 4 is 19.7 Å². The fourth-order valence-electron chi connectivity index (χ4n) is 2.47. The van der Waals surface area contributed by atoms with E-state index in [4.69, 9.17) is 10.7 Å². The number of benzene rings is 1. The molecule has 7 heteroatoms. The molecule has 0 atom stereocenters. The Kier molecular flexibility index (Phi) is 3.75. The monoisotopic (exact) mass is 325 g/mol. The van der Waals surface area contributed by atoms with Gasteiger partial charge in [-0.15, -0.1) is 10.2 Å². The van der Waals surface area contributed by atoms with Gasteiger partial charge in [0.15, 0.2) is 0 Å². The summed E-state index contributed by atoms with van der Waals surface area (Å²) in [7, 11) is 1.59. The highest BCUT2D eigenvalue weighted by Gasteiger charge is 2.33. The molecule has 2 aromatic rings. The molecule has 1 saturated carbocycles. The van der Waals surface area contributed by atoms with Gasteiger partial charge < -0.3 is 0 Å². The maximum Gasteiger partial charge on any atom is 0.296 e. The van der Waals surface area contributed by atoms with Gasteiger partial charge in [0.25, 0.3) is 14.2 Å². The summed E-state index contributed by atoms with van der Waals surface area (Å²) in [5, 5.41) is 7.68. The van der Waals surface area contributed by atoms with Crippen molar-refractivity contribution in [2.45, 2.75) is 43.8 Å². The number of hydrogen-bond donors (Lipinski definition) is 0. The Labute approximate surface area is 128 Å². The molecule has 1 aliphatic rings. The minimum absolute atomic E-state index is 0.120. The van der Waals surface area contributed by atoms with Gasteiger partial charge in [-0.1, -0.05) is 29.8 Å². The van der Waals surface area contributed by atoms with E-state index in [1.54, 1.807) is 4.57 Å². The predicted octanol–water partition coefficient (Wildman–Crippen LogP) is 2.63. The van der Waals surface area contributed by atoms with Crippen molar-refractivity contribution in [2.24, 2.45) is 0 Å². The summed E-state index contributed by atoms with van der Waals surface area (Å²) in [6.45, 7) is 2.05. The van der Waals surface area contributed by atoms with Crippen LogP contribution in [0, 0.1) is 6.92 Å². The Morgan fingerprint density at radius 1 is 1.29 bits per heavy atom. The first-order valence-electron chi connectivity index (χ1n) is 6.89. The molecule has 112 valence electrons. The largest absolute Gasteiger partial charge is 0.298 e. The molecule has 1 heterocycles. The van der Waals surface area contributed by atoms with E-state index in [0.29, 0.717) is 12.2 Å². The van der Waals surface area contributed by atoms with Gasteiger partial charge in [0.1, 0.15) is 5.82 Å². The van der Waals surface area contributed by atoms with Crippen molar-refractivity contribution in [1.82, 2.24) is 14.8 Å². The maximum atomic E-state index is 11.6. The van der Waals surface area contributed by atoms with Gasteiger partial charge in [-0.25, -0.2) is 8.42 Å². The van der Waals surface area contributed by atoms with E-state index in [0.717, 1.165) is 19.3 Å². The lowest BCUT2D eigenvalue weighted by Crippen LogP contribution is -2.09. The zero-order chi connectivity index (χ0) is 15.0. The van der Waals surface area contributed by atoms with Crippen LogP contribution < -0.4 is 0 Å². The van der Waals surface area contributed by atoms with Gasteiger partial charge >= 0.3 is 0 Å². The second-order valence-electron chi connectivity index (χ2n) is 5.43. The molecule has 0 spiro atoms. The molecule has 5 nitrogen and oxygen atoms in total. The lowest BCUT2D eigenvalue weighted by atomic mass is 10.1. The minimum atomic E-state index is -3.85. The number of rotatable bonds is 5. The maximum absolute atomic E-state index is 11.6. The fourth-order valence-corrected chi connectivity index (χ4v) is 3.41. The molecule has 0 radical (unpaired) electrons. The molecule has 0 aliphatic heterocycles. The smallest absolute Gasteiger partial charge is 0.296 e. The number of aryl methyl sites for hydroxylation is 3. The molecule has 21 heavy (non-hydrogen) atoms. The van der Waals surface area contributed by atoms with Crippen LogP contribution in [0.2, 0.25) is 0 Å². The standard InChI is InChI=1S/C14H16ClN3O2S/c1-10-3-2-4-11(9-10)5-8-13-16-17-14(21(15,19)20)18(13)12-6-7-12/h2-4,9,12H,5-8H2,1H3. The Bertz CT molecular complexity index is 766. The highest BCUT2D eigenvalue weighted by molar-refractivity contribution is 8.13. The van der Waals surface area contributed by atoms with E-state index in [1.807, 2.05) is 19.1 Å². The van der Waals surface area contributed by atoms with Crippen LogP contribution >= 0.6 is 10.7 Å². The van der Waals surface area contributed by atoms with Crippen LogP contribution in [0.1, 0.15) is 35.8 Å². The van der Waals surface area contributed by atoms with Crippen LogP contribution in [0.15, 0.2) is 29.4 Å². The minimum Gasteiger partial charge on any atom is -0.298 e. The Morgan fingerprint density at radius 3 is 2.67 bits per heavy atom. The van der Waals surface area contributed by atoms with Gasteiger partial charge in [-0.3, -0.25) is 4.57 Å². The number of halogens is 1. The summed E-state index contributed by atoms with van der Waals surface area (Å²) in [5.41, 5.74) is 2.41.